The molecule has 31 heavy (non-hydrogen) atoms. The number of thiocarbonyl (C=S) groups is 1. The van der Waals surface area contributed by atoms with Crippen molar-refractivity contribution < 1.29 is 29.0 Å². The van der Waals surface area contributed by atoms with Gasteiger partial charge in [0.2, 0.25) is 0 Å². The molecule has 0 atom stereocenters. The van der Waals surface area contributed by atoms with Gasteiger partial charge in [0.1, 0.15) is 10.9 Å². The van der Waals surface area contributed by atoms with E-state index in [4.69, 9.17) is 50.0 Å². The van der Waals surface area contributed by atoms with E-state index < -0.39 is 24.4 Å². The van der Waals surface area contributed by atoms with E-state index in [0.717, 1.165) is 16.7 Å². The van der Waals surface area contributed by atoms with Gasteiger partial charge in [0.15, 0.2) is 11.5 Å². The van der Waals surface area contributed by atoms with Crippen molar-refractivity contribution in [2.45, 2.75) is 0 Å². The Kier molecular flexibility index (Phi) is 7.22. The molecule has 7 nitrogen and oxygen atoms in total. The van der Waals surface area contributed by atoms with Gasteiger partial charge in [0.25, 0.3) is 5.91 Å². The molecule has 1 amide bonds. The number of carboxylic acid groups (broad SMARTS) is 1. The van der Waals surface area contributed by atoms with E-state index in [0.29, 0.717) is 10.6 Å². The average Bonchev–Trinajstić information content (AvgIpc) is 2.96. The summed E-state index contributed by atoms with van der Waals surface area (Å²) < 4.78 is 10.8. The number of esters is 1. The minimum Gasteiger partial charge on any atom is -0.493 e. The topological polar surface area (TPSA) is 93.1 Å². The molecule has 160 valence electrons. The Morgan fingerprint density at radius 1 is 1.19 bits per heavy atom. The lowest BCUT2D eigenvalue weighted by Gasteiger charge is -2.11. The highest BCUT2D eigenvalue weighted by atomic mass is 35.5. The smallest absolute Gasteiger partial charge is 0.345 e. The third-order valence-electron chi connectivity index (χ3n) is 4.01. The molecule has 0 spiro atoms. The summed E-state index contributed by atoms with van der Waals surface area (Å²) in [6.45, 7) is -0.506. The van der Waals surface area contributed by atoms with Gasteiger partial charge in [-0.2, -0.15) is 0 Å². The minimum absolute atomic E-state index is 0.138. The van der Waals surface area contributed by atoms with Gasteiger partial charge < -0.3 is 14.6 Å². The Balaban J connectivity index is 1.82. The van der Waals surface area contributed by atoms with Crippen molar-refractivity contribution in [3.63, 3.8) is 0 Å². The van der Waals surface area contributed by atoms with E-state index >= 15 is 0 Å². The number of aliphatic carboxylic acids is 1. The Morgan fingerprint density at radius 2 is 1.94 bits per heavy atom. The largest absolute Gasteiger partial charge is 0.493 e. The van der Waals surface area contributed by atoms with Crippen LogP contribution in [0.3, 0.4) is 0 Å². The van der Waals surface area contributed by atoms with Crippen LogP contribution in [-0.2, 0) is 9.59 Å². The number of carbonyl (C=O) groups excluding carboxylic acids is 2. The second-order valence-electron chi connectivity index (χ2n) is 6.09. The molecule has 2 aromatic rings. The summed E-state index contributed by atoms with van der Waals surface area (Å²) in [5.74, 6) is -1.96. The summed E-state index contributed by atoms with van der Waals surface area (Å²) in [4.78, 5) is 37.0. The molecular formula is C20H13Cl2NO6S2. The van der Waals surface area contributed by atoms with E-state index in [1.165, 1.54) is 31.4 Å². The van der Waals surface area contributed by atoms with Crippen LogP contribution < -0.4 is 9.47 Å². The van der Waals surface area contributed by atoms with E-state index in [2.05, 4.69) is 0 Å². The molecule has 0 bridgehead atoms. The fourth-order valence-corrected chi connectivity index (χ4v) is 4.33. The van der Waals surface area contributed by atoms with Crippen LogP contribution >= 0.6 is 47.2 Å². The first-order valence-electron chi connectivity index (χ1n) is 8.52. The number of benzene rings is 2. The molecule has 0 radical (unpaired) electrons. The van der Waals surface area contributed by atoms with Crippen molar-refractivity contribution in [1.29, 1.82) is 0 Å². The maximum absolute atomic E-state index is 12.4. The number of hydrogen-bond donors (Lipinski definition) is 1. The molecule has 0 unspecified atom stereocenters. The number of nitrogens with zero attached hydrogens (tertiary/aromatic N) is 1. The maximum Gasteiger partial charge on any atom is 0.345 e. The second kappa shape index (κ2) is 9.69. The molecule has 1 aliphatic rings. The van der Waals surface area contributed by atoms with Gasteiger partial charge in [-0.3, -0.25) is 14.5 Å². The molecule has 0 aliphatic carbocycles. The standard InChI is InChI=1S/C20H13Cl2NO6S2/c1-28-15-6-10(7-16-18(26)23(9-17(24)25)20(30)31-16)2-5-14(15)29-19(27)12-4-3-11(21)8-13(12)22/h2-8H,9H2,1H3,(H,24,25)/b16-7+. The summed E-state index contributed by atoms with van der Waals surface area (Å²) in [6, 6.07) is 9.08. The first-order chi connectivity index (χ1) is 14.7. The first-order valence-corrected chi connectivity index (χ1v) is 10.5. The lowest BCUT2D eigenvalue weighted by Crippen LogP contribution is -2.33. The van der Waals surface area contributed by atoms with E-state index in [1.54, 1.807) is 18.2 Å². The molecule has 1 heterocycles. The van der Waals surface area contributed by atoms with Crippen LogP contribution in [0, 0.1) is 0 Å². The monoisotopic (exact) mass is 497 g/mol. The Hall–Kier alpha value is -2.59. The fraction of sp³-hybridized carbons (Fsp3) is 0.100. The number of hydrogen-bond acceptors (Lipinski definition) is 7. The second-order valence-corrected chi connectivity index (χ2v) is 8.60. The number of halogens is 2. The molecule has 1 saturated heterocycles. The predicted molar refractivity (Wildman–Crippen MR) is 122 cm³/mol. The third-order valence-corrected chi connectivity index (χ3v) is 5.93. The van der Waals surface area contributed by atoms with Crippen LogP contribution in [0.2, 0.25) is 10.0 Å². The Labute approximate surface area is 196 Å². The van der Waals surface area contributed by atoms with Crippen molar-refractivity contribution in [3.8, 4) is 11.5 Å². The van der Waals surface area contributed by atoms with Crippen LogP contribution in [0.4, 0.5) is 0 Å². The third kappa shape index (κ3) is 5.37. The average molecular weight is 498 g/mol. The summed E-state index contributed by atoms with van der Waals surface area (Å²) in [5.41, 5.74) is 0.705. The SMILES string of the molecule is COc1cc(/C=C2/SC(=S)N(CC(=O)O)C2=O)ccc1OC(=O)c1ccc(Cl)cc1Cl. The molecule has 0 saturated carbocycles. The van der Waals surface area contributed by atoms with Crippen LogP contribution in [0.1, 0.15) is 15.9 Å². The van der Waals surface area contributed by atoms with Crippen molar-refractivity contribution in [3.05, 3.63) is 62.5 Å². The van der Waals surface area contributed by atoms with Gasteiger partial charge >= 0.3 is 11.9 Å². The van der Waals surface area contributed by atoms with Gasteiger partial charge in [0, 0.05) is 5.02 Å². The zero-order valence-corrected chi connectivity index (χ0v) is 18.9. The summed E-state index contributed by atoms with van der Waals surface area (Å²) >= 11 is 18.0. The van der Waals surface area contributed by atoms with E-state index in [1.807, 2.05) is 0 Å². The molecule has 1 N–H and O–H groups in total. The fourth-order valence-electron chi connectivity index (χ4n) is 2.59. The molecule has 0 aromatic heterocycles. The molecule has 3 rings (SSSR count). The minimum atomic E-state index is -1.16. The van der Waals surface area contributed by atoms with E-state index in [9.17, 15) is 14.4 Å². The highest BCUT2D eigenvalue weighted by Gasteiger charge is 2.33. The van der Waals surface area contributed by atoms with Gasteiger partial charge in [-0.1, -0.05) is 53.2 Å². The zero-order valence-electron chi connectivity index (χ0n) is 15.8. The quantitative estimate of drug-likeness (QED) is 0.269. The number of carbonyl (C=O) groups is 3. The molecule has 1 aliphatic heterocycles. The van der Waals surface area contributed by atoms with Crippen LogP contribution in [0.5, 0.6) is 11.5 Å². The zero-order chi connectivity index (χ0) is 22.7. The van der Waals surface area contributed by atoms with Crippen molar-refractivity contribution in [1.82, 2.24) is 4.90 Å². The maximum atomic E-state index is 12.4. The number of carboxylic acids is 1. The summed E-state index contributed by atoms with van der Waals surface area (Å²) in [6.07, 6.45) is 1.55. The van der Waals surface area contributed by atoms with Crippen LogP contribution in [0.25, 0.3) is 6.08 Å². The number of amides is 1. The van der Waals surface area contributed by atoms with Crippen molar-refractivity contribution in [2.75, 3.05) is 13.7 Å². The summed E-state index contributed by atoms with van der Waals surface area (Å²) in [5, 5.41) is 9.45. The van der Waals surface area contributed by atoms with Crippen molar-refractivity contribution in [2.24, 2.45) is 0 Å². The van der Waals surface area contributed by atoms with Crippen LogP contribution in [-0.4, -0.2) is 45.8 Å². The normalized spacial score (nSPS) is 14.8. The molecule has 2 aromatic carbocycles. The number of rotatable bonds is 6. The highest BCUT2D eigenvalue weighted by Crippen LogP contribution is 2.35. The molecule has 1 fully saturated rings. The van der Waals surface area contributed by atoms with Gasteiger partial charge in [-0.05, 0) is 42.0 Å². The van der Waals surface area contributed by atoms with Gasteiger partial charge in [-0.15, -0.1) is 0 Å². The summed E-state index contributed by atoms with van der Waals surface area (Å²) in [7, 11) is 1.40. The van der Waals surface area contributed by atoms with Crippen LogP contribution in [0.15, 0.2) is 41.3 Å². The van der Waals surface area contributed by atoms with Gasteiger partial charge in [-0.25, -0.2) is 4.79 Å². The predicted octanol–water partition coefficient (Wildman–Crippen LogP) is 4.51. The Bertz CT molecular complexity index is 1130. The van der Waals surface area contributed by atoms with E-state index in [-0.39, 0.29) is 31.3 Å². The Morgan fingerprint density at radius 3 is 2.58 bits per heavy atom. The number of methoxy groups -OCH3 is 1. The number of thioether (sulfide) groups is 1. The lowest BCUT2D eigenvalue weighted by atomic mass is 10.1. The first kappa shape index (κ1) is 23.1. The molecule has 11 heteroatoms. The number of ether oxygens (including phenoxy) is 2. The highest BCUT2D eigenvalue weighted by molar-refractivity contribution is 8.26. The van der Waals surface area contributed by atoms with Crippen molar-refractivity contribution >= 4 is 75.4 Å². The lowest BCUT2D eigenvalue weighted by molar-refractivity contribution is -0.140. The van der Waals surface area contributed by atoms with Gasteiger partial charge in [0.05, 0.1) is 22.6 Å². The molecular weight excluding hydrogens is 485 g/mol.